The Bertz CT molecular complexity index is 378. The molecule has 0 aromatic carbocycles. The Labute approximate surface area is 95.5 Å². The van der Waals surface area contributed by atoms with Gasteiger partial charge in [0.15, 0.2) is 0 Å². The number of hydrogen-bond acceptors (Lipinski definition) is 4. The van der Waals surface area contributed by atoms with Crippen molar-refractivity contribution < 1.29 is 0 Å². The molecule has 5 nitrogen and oxygen atoms in total. The smallest absolute Gasteiger partial charge is 0.133 e. The van der Waals surface area contributed by atoms with E-state index in [0.29, 0.717) is 6.04 Å². The first-order valence-electron chi connectivity index (χ1n) is 5.77. The molecule has 1 heterocycles. The molecule has 2 atom stereocenters. The van der Waals surface area contributed by atoms with Crippen LogP contribution in [0.4, 0.5) is 0 Å². The van der Waals surface area contributed by atoms with Gasteiger partial charge in [-0.25, -0.2) is 0 Å². The van der Waals surface area contributed by atoms with Crippen LogP contribution in [0.25, 0.3) is 0 Å². The lowest BCUT2D eigenvalue weighted by Gasteiger charge is -2.14. The third kappa shape index (κ3) is 2.39. The van der Waals surface area contributed by atoms with Gasteiger partial charge in [-0.3, -0.25) is 0 Å². The van der Waals surface area contributed by atoms with Crippen molar-refractivity contribution in [3.05, 3.63) is 12.2 Å². The third-order valence-corrected chi connectivity index (χ3v) is 3.24. The van der Waals surface area contributed by atoms with E-state index in [2.05, 4.69) is 21.6 Å². The van der Waals surface area contributed by atoms with Gasteiger partial charge in [-0.05, 0) is 12.8 Å². The summed E-state index contributed by atoms with van der Waals surface area (Å²) in [4.78, 5) is 0. The molecule has 1 aliphatic rings. The zero-order chi connectivity index (χ0) is 11.4. The van der Waals surface area contributed by atoms with Crippen molar-refractivity contribution in [1.82, 2.24) is 20.1 Å². The molecule has 1 saturated carbocycles. The van der Waals surface area contributed by atoms with Crippen molar-refractivity contribution >= 4 is 0 Å². The lowest BCUT2D eigenvalue weighted by atomic mass is 10.1. The number of hydrogen-bond donors (Lipinski definition) is 1. The molecule has 1 aromatic rings. The van der Waals surface area contributed by atoms with E-state index in [1.54, 1.807) is 6.33 Å². The van der Waals surface area contributed by atoms with Gasteiger partial charge in [-0.15, -0.1) is 10.2 Å². The molecule has 1 fully saturated rings. The second-order valence-corrected chi connectivity index (χ2v) is 4.34. The summed E-state index contributed by atoms with van der Waals surface area (Å²) in [7, 11) is 1.95. The van der Waals surface area contributed by atoms with E-state index in [0.717, 1.165) is 31.6 Å². The summed E-state index contributed by atoms with van der Waals surface area (Å²) in [5.41, 5.74) is 0. The van der Waals surface area contributed by atoms with Crippen LogP contribution in [-0.2, 0) is 13.5 Å². The van der Waals surface area contributed by atoms with Gasteiger partial charge in [-0.2, -0.15) is 5.26 Å². The molecule has 0 amide bonds. The van der Waals surface area contributed by atoms with Crippen LogP contribution >= 0.6 is 0 Å². The molecule has 1 aliphatic carbocycles. The van der Waals surface area contributed by atoms with Crippen LogP contribution in [0.1, 0.15) is 25.1 Å². The van der Waals surface area contributed by atoms with E-state index in [9.17, 15) is 0 Å². The average molecular weight is 219 g/mol. The molecule has 2 unspecified atom stereocenters. The largest absolute Gasteiger partial charge is 0.321 e. The summed E-state index contributed by atoms with van der Waals surface area (Å²) in [6, 6.07) is 2.75. The molecule has 5 heteroatoms. The fourth-order valence-electron chi connectivity index (χ4n) is 2.26. The summed E-state index contributed by atoms with van der Waals surface area (Å²) >= 11 is 0. The Morgan fingerprint density at radius 1 is 1.62 bits per heavy atom. The molecule has 0 aliphatic heterocycles. The molecular formula is C11H17N5. The fourth-order valence-corrected chi connectivity index (χ4v) is 2.26. The Kier molecular flexibility index (Phi) is 3.52. The fraction of sp³-hybridized carbons (Fsp3) is 0.727. The number of rotatable bonds is 4. The van der Waals surface area contributed by atoms with Gasteiger partial charge >= 0.3 is 0 Å². The van der Waals surface area contributed by atoms with Crippen LogP contribution in [0.15, 0.2) is 6.33 Å². The van der Waals surface area contributed by atoms with Crippen molar-refractivity contribution in [2.45, 2.75) is 31.7 Å². The summed E-state index contributed by atoms with van der Waals surface area (Å²) in [6.07, 6.45) is 5.91. The molecule has 2 rings (SSSR count). The highest BCUT2D eigenvalue weighted by atomic mass is 15.2. The Morgan fingerprint density at radius 2 is 2.50 bits per heavy atom. The Hall–Kier alpha value is -1.41. The molecule has 0 bridgehead atoms. The first-order chi connectivity index (χ1) is 7.81. The number of nitriles is 1. The van der Waals surface area contributed by atoms with Crippen molar-refractivity contribution in [3.63, 3.8) is 0 Å². The van der Waals surface area contributed by atoms with Gasteiger partial charge in [0, 0.05) is 26.1 Å². The topological polar surface area (TPSA) is 66.5 Å². The Morgan fingerprint density at radius 3 is 3.19 bits per heavy atom. The van der Waals surface area contributed by atoms with E-state index in [4.69, 9.17) is 5.26 Å². The number of nitrogens with one attached hydrogen (secondary N) is 1. The second kappa shape index (κ2) is 5.08. The average Bonchev–Trinajstić information content (AvgIpc) is 2.88. The molecule has 0 radical (unpaired) electrons. The molecule has 1 N–H and O–H groups in total. The first-order valence-corrected chi connectivity index (χ1v) is 5.77. The predicted octanol–water partition coefficient (Wildman–Crippen LogP) is 0.639. The molecular weight excluding hydrogens is 202 g/mol. The van der Waals surface area contributed by atoms with Crippen molar-refractivity contribution in [2.75, 3.05) is 6.54 Å². The maximum Gasteiger partial charge on any atom is 0.133 e. The molecule has 0 saturated heterocycles. The van der Waals surface area contributed by atoms with E-state index >= 15 is 0 Å². The lowest BCUT2D eigenvalue weighted by molar-refractivity contribution is 0.464. The molecule has 16 heavy (non-hydrogen) atoms. The zero-order valence-corrected chi connectivity index (χ0v) is 9.56. The van der Waals surface area contributed by atoms with Crippen LogP contribution in [0, 0.1) is 17.2 Å². The minimum absolute atomic E-state index is 0.194. The van der Waals surface area contributed by atoms with Crippen molar-refractivity contribution in [1.29, 1.82) is 5.26 Å². The quantitative estimate of drug-likeness (QED) is 0.807. The van der Waals surface area contributed by atoms with Gasteiger partial charge < -0.3 is 9.88 Å². The highest BCUT2D eigenvalue weighted by Crippen LogP contribution is 2.24. The number of aryl methyl sites for hydroxylation is 1. The summed E-state index contributed by atoms with van der Waals surface area (Å²) in [5.74, 6) is 1.18. The van der Waals surface area contributed by atoms with Gasteiger partial charge in [0.1, 0.15) is 12.2 Å². The summed E-state index contributed by atoms with van der Waals surface area (Å²) < 4.78 is 1.93. The number of aromatic nitrogens is 3. The third-order valence-electron chi connectivity index (χ3n) is 3.24. The number of nitrogens with zero attached hydrogens (tertiary/aromatic N) is 4. The van der Waals surface area contributed by atoms with Crippen LogP contribution in [0.2, 0.25) is 0 Å². The standard InChI is InChI=1S/C11H17N5/c1-16-8-14-15-11(16)5-6-13-10-4-2-3-9(10)7-12/h8-10,13H,2-6H2,1H3. The first kappa shape index (κ1) is 11.1. The minimum Gasteiger partial charge on any atom is -0.321 e. The van der Waals surface area contributed by atoms with Crippen LogP contribution in [-0.4, -0.2) is 27.4 Å². The van der Waals surface area contributed by atoms with Crippen molar-refractivity contribution in [3.8, 4) is 6.07 Å². The molecule has 0 spiro atoms. The van der Waals surface area contributed by atoms with E-state index in [1.807, 2.05) is 11.6 Å². The maximum absolute atomic E-state index is 8.95. The maximum atomic E-state index is 8.95. The zero-order valence-electron chi connectivity index (χ0n) is 9.56. The summed E-state index contributed by atoms with van der Waals surface area (Å²) in [5, 5.41) is 20.3. The highest BCUT2D eigenvalue weighted by Gasteiger charge is 2.26. The lowest BCUT2D eigenvalue weighted by Crippen LogP contribution is -2.33. The molecule has 86 valence electrons. The van der Waals surface area contributed by atoms with Crippen LogP contribution in [0.5, 0.6) is 0 Å². The van der Waals surface area contributed by atoms with E-state index in [1.165, 1.54) is 6.42 Å². The Balaban J connectivity index is 1.76. The van der Waals surface area contributed by atoms with Gasteiger partial charge in [0.25, 0.3) is 0 Å². The van der Waals surface area contributed by atoms with Crippen molar-refractivity contribution in [2.24, 2.45) is 13.0 Å². The summed E-state index contributed by atoms with van der Waals surface area (Å²) in [6.45, 7) is 0.870. The highest BCUT2D eigenvalue weighted by molar-refractivity contribution is 4.97. The second-order valence-electron chi connectivity index (χ2n) is 4.34. The predicted molar refractivity (Wildman–Crippen MR) is 59.5 cm³/mol. The van der Waals surface area contributed by atoms with Gasteiger partial charge in [0.2, 0.25) is 0 Å². The SMILES string of the molecule is Cn1cnnc1CCNC1CCCC1C#N. The van der Waals surface area contributed by atoms with E-state index < -0.39 is 0 Å². The van der Waals surface area contributed by atoms with E-state index in [-0.39, 0.29) is 5.92 Å². The monoisotopic (exact) mass is 219 g/mol. The van der Waals surface area contributed by atoms with Gasteiger partial charge in [-0.1, -0.05) is 6.42 Å². The van der Waals surface area contributed by atoms with Crippen LogP contribution in [0.3, 0.4) is 0 Å². The minimum atomic E-state index is 0.194. The molecule has 1 aromatic heterocycles. The van der Waals surface area contributed by atoms with Crippen LogP contribution < -0.4 is 5.32 Å². The normalized spacial score (nSPS) is 24.5. The van der Waals surface area contributed by atoms with Gasteiger partial charge in [0.05, 0.1) is 12.0 Å².